The molecule has 284 valence electrons. The van der Waals surface area contributed by atoms with Gasteiger partial charge in [0.25, 0.3) is 0 Å². The predicted molar refractivity (Wildman–Crippen MR) is 244 cm³/mol. The summed E-state index contributed by atoms with van der Waals surface area (Å²) in [4.78, 5) is 0. The molecule has 3 aromatic rings. The normalized spacial score (nSPS) is 22.7. The van der Waals surface area contributed by atoms with Crippen LogP contribution in [0.25, 0.3) is 0 Å². The van der Waals surface area contributed by atoms with E-state index in [9.17, 15) is 0 Å². The molecule has 0 aliphatic heterocycles. The first-order chi connectivity index (χ1) is 26.3. The summed E-state index contributed by atoms with van der Waals surface area (Å²) in [5.41, 5.74) is 9.70. The first-order valence-electron chi connectivity index (χ1n) is 22.8. The van der Waals surface area contributed by atoms with Gasteiger partial charge in [-0.05, 0) is 115 Å². The molecule has 53 heavy (non-hydrogen) atoms. The first kappa shape index (κ1) is 38.9. The Kier molecular flexibility index (Phi) is 14.3. The quantitative estimate of drug-likeness (QED) is 0.135. The van der Waals surface area contributed by atoms with Gasteiger partial charge in [0.1, 0.15) is 0 Å². The Morgan fingerprint density at radius 1 is 0.340 bits per heavy atom. The Bertz CT molecular complexity index is 1440. The van der Waals surface area contributed by atoms with E-state index >= 15 is 0 Å². The van der Waals surface area contributed by atoms with E-state index in [1.165, 1.54) is 161 Å². The molecule has 0 spiro atoms. The standard InChI is InChI=1S/C49H70BP3/c1-51(39-23-7-2-8-24-39)47-36-20-17-33-44(47)50(45-34-18-21-37-48(45)52(40-25-9-3-10-26-40)41-27-11-4-12-28-41)46-35-19-22-38-49(46)53(42-29-13-5-14-30-42)43-31-15-6-16-32-43/h17-22,33-43H,2-16,23-32H2,1H3. The largest absolute Gasteiger partial charge is 0.243 e. The van der Waals surface area contributed by atoms with Crippen molar-refractivity contribution in [3.05, 3.63) is 72.8 Å². The van der Waals surface area contributed by atoms with Crippen molar-refractivity contribution < 1.29 is 0 Å². The van der Waals surface area contributed by atoms with Gasteiger partial charge in [0, 0.05) is 0 Å². The summed E-state index contributed by atoms with van der Waals surface area (Å²) < 4.78 is 0. The minimum atomic E-state index is -0.216. The van der Waals surface area contributed by atoms with E-state index in [4.69, 9.17) is 0 Å². The van der Waals surface area contributed by atoms with E-state index in [0.29, 0.717) is 6.71 Å². The van der Waals surface area contributed by atoms with Gasteiger partial charge in [-0.2, -0.15) is 0 Å². The smallest absolute Gasteiger partial charge is 0.0759 e. The van der Waals surface area contributed by atoms with Crippen LogP contribution >= 0.6 is 23.8 Å². The molecule has 0 bridgehead atoms. The van der Waals surface area contributed by atoms with Crippen molar-refractivity contribution in [3.8, 4) is 0 Å². The van der Waals surface area contributed by atoms with Gasteiger partial charge in [0.05, 0.1) is 0 Å². The summed E-state index contributed by atoms with van der Waals surface area (Å²) in [6.07, 6.45) is 36.6. The highest BCUT2D eigenvalue weighted by Crippen LogP contribution is 2.56. The molecule has 1 unspecified atom stereocenters. The number of benzene rings is 3. The van der Waals surface area contributed by atoms with E-state index < -0.39 is 0 Å². The molecule has 0 radical (unpaired) electrons. The average Bonchev–Trinajstić information content (AvgIpc) is 3.24. The monoisotopic (exact) mass is 762 g/mol. The van der Waals surface area contributed by atoms with Crippen LogP contribution in [0.4, 0.5) is 0 Å². The number of hydrogen-bond acceptors (Lipinski definition) is 0. The van der Waals surface area contributed by atoms with Gasteiger partial charge in [-0.15, -0.1) is 0 Å². The van der Waals surface area contributed by atoms with Crippen molar-refractivity contribution in [2.45, 2.75) is 189 Å². The summed E-state index contributed by atoms with van der Waals surface area (Å²) in [6.45, 7) is 3.04. The second-order valence-electron chi connectivity index (χ2n) is 18.0. The lowest BCUT2D eigenvalue weighted by atomic mass is 9.36. The summed E-state index contributed by atoms with van der Waals surface area (Å²) in [7, 11) is -0.619. The van der Waals surface area contributed by atoms with E-state index in [2.05, 4.69) is 79.5 Å². The molecule has 3 aromatic carbocycles. The molecule has 1 atom stereocenters. The molecule has 4 heteroatoms. The number of hydrogen-bond donors (Lipinski definition) is 0. The molecular formula is C49H70BP3. The Balaban J connectivity index is 1.32. The second-order valence-corrected chi connectivity index (χ2v) is 25.9. The lowest BCUT2D eigenvalue weighted by Gasteiger charge is -2.42. The van der Waals surface area contributed by atoms with Crippen LogP contribution in [0, 0.1) is 0 Å². The molecule has 0 aromatic heterocycles. The summed E-state index contributed by atoms with van der Waals surface area (Å²) in [5.74, 6) is 0. The number of rotatable bonds is 11. The molecule has 0 nitrogen and oxygen atoms in total. The molecular weight excluding hydrogens is 692 g/mol. The fourth-order valence-electron chi connectivity index (χ4n) is 12.0. The summed E-state index contributed by atoms with van der Waals surface area (Å²) >= 11 is 0. The van der Waals surface area contributed by atoms with Crippen molar-refractivity contribution in [2.24, 2.45) is 0 Å². The topological polar surface area (TPSA) is 0 Å². The summed E-state index contributed by atoms with van der Waals surface area (Å²) in [6, 6.07) is 30.7. The van der Waals surface area contributed by atoms with E-state index in [1.54, 1.807) is 21.7 Å². The van der Waals surface area contributed by atoms with Crippen molar-refractivity contribution >= 4 is 62.8 Å². The average molecular weight is 763 g/mol. The van der Waals surface area contributed by atoms with Crippen LogP contribution in [-0.4, -0.2) is 41.7 Å². The highest BCUT2D eigenvalue weighted by atomic mass is 31.1. The van der Waals surface area contributed by atoms with Crippen molar-refractivity contribution in [1.29, 1.82) is 0 Å². The molecule has 8 rings (SSSR count). The maximum atomic E-state index is 2.70. The van der Waals surface area contributed by atoms with Gasteiger partial charge in [-0.1, -0.05) is 209 Å². The summed E-state index contributed by atoms with van der Waals surface area (Å²) in [5, 5.41) is 5.39. The second kappa shape index (κ2) is 19.4. The fourth-order valence-corrected chi connectivity index (χ4v) is 22.4. The van der Waals surface area contributed by atoms with Crippen LogP contribution in [0.5, 0.6) is 0 Å². The Morgan fingerprint density at radius 3 is 0.943 bits per heavy atom. The van der Waals surface area contributed by atoms with Gasteiger partial charge in [-0.3, -0.25) is 0 Å². The van der Waals surface area contributed by atoms with Crippen molar-refractivity contribution in [2.75, 3.05) is 6.66 Å². The third kappa shape index (κ3) is 9.11. The zero-order valence-electron chi connectivity index (χ0n) is 33.4. The highest BCUT2D eigenvalue weighted by Gasteiger charge is 2.40. The van der Waals surface area contributed by atoms with Gasteiger partial charge < -0.3 is 0 Å². The third-order valence-electron chi connectivity index (χ3n) is 14.7. The Labute approximate surface area is 329 Å². The molecule has 5 aliphatic rings. The Morgan fingerprint density at radius 2 is 0.604 bits per heavy atom. The van der Waals surface area contributed by atoms with Crippen molar-refractivity contribution in [1.82, 2.24) is 0 Å². The van der Waals surface area contributed by atoms with Crippen LogP contribution in [0.3, 0.4) is 0 Å². The highest BCUT2D eigenvalue weighted by molar-refractivity contribution is 7.69. The van der Waals surface area contributed by atoms with Crippen LogP contribution in [-0.2, 0) is 0 Å². The van der Waals surface area contributed by atoms with Gasteiger partial charge in [0.15, 0.2) is 0 Å². The maximum absolute atomic E-state index is 2.70. The molecule has 5 aliphatic carbocycles. The first-order valence-corrected chi connectivity index (χ1v) is 27.7. The minimum absolute atomic E-state index is 0.202. The van der Waals surface area contributed by atoms with Crippen LogP contribution in [0.1, 0.15) is 161 Å². The predicted octanol–water partition coefficient (Wildman–Crippen LogP) is 11.8. The van der Waals surface area contributed by atoms with Crippen LogP contribution in [0.2, 0.25) is 0 Å². The molecule has 0 heterocycles. The van der Waals surface area contributed by atoms with Crippen molar-refractivity contribution in [3.63, 3.8) is 0 Å². The van der Waals surface area contributed by atoms with E-state index in [0.717, 1.165) is 28.3 Å². The SMILES string of the molecule is CP(c1ccccc1B(c1ccccc1P(C1CCCCC1)C1CCCCC1)c1ccccc1P(C1CCCCC1)C1CCCCC1)C1CCCCC1. The lowest BCUT2D eigenvalue weighted by Crippen LogP contribution is -2.63. The van der Waals surface area contributed by atoms with Gasteiger partial charge >= 0.3 is 0 Å². The fraction of sp³-hybridized carbons (Fsp3) is 0.633. The third-order valence-corrected chi connectivity index (χ3v) is 24.6. The zero-order valence-corrected chi connectivity index (χ0v) is 36.1. The zero-order chi connectivity index (χ0) is 35.8. The van der Waals surface area contributed by atoms with Gasteiger partial charge in [0.2, 0.25) is 6.71 Å². The minimum Gasteiger partial charge on any atom is -0.0759 e. The molecule has 0 amide bonds. The molecule has 5 fully saturated rings. The molecule has 0 saturated heterocycles. The molecule has 5 saturated carbocycles. The van der Waals surface area contributed by atoms with Crippen LogP contribution in [0.15, 0.2) is 72.8 Å². The molecule has 0 N–H and O–H groups in total. The van der Waals surface area contributed by atoms with Gasteiger partial charge in [-0.25, -0.2) is 0 Å². The lowest BCUT2D eigenvalue weighted by molar-refractivity contribution is 0.487. The van der Waals surface area contributed by atoms with E-state index in [1.807, 2.05) is 10.6 Å². The maximum Gasteiger partial charge on any atom is 0.243 e. The van der Waals surface area contributed by atoms with Crippen LogP contribution < -0.4 is 32.3 Å². The van der Waals surface area contributed by atoms with E-state index in [-0.39, 0.29) is 23.8 Å². The Hall–Kier alpha value is -0.985.